The van der Waals surface area contributed by atoms with Gasteiger partial charge in [0.25, 0.3) is 5.91 Å². The van der Waals surface area contributed by atoms with Gasteiger partial charge in [-0.05, 0) is 43.9 Å². The summed E-state index contributed by atoms with van der Waals surface area (Å²) in [6.07, 6.45) is 8.47. The number of aromatic nitrogens is 2. The van der Waals surface area contributed by atoms with Gasteiger partial charge in [0.05, 0.1) is 12.4 Å². The molecule has 4 atom stereocenters. The number of hydrogen-bond donors (Lipinski definition) is 2. The second-order valence-corrected chi connectivity index (χ2v) is 6.14. The molecule has 2 saturated carbocycles. The lowest BCUT2D eigenvalue weighted by atomic mass is 9.84. The number of hydrogen-bond acceptors (Lipinski definition) is 4. The quantitative estimate of drug-likeness (QED) is 0.882. The van der Waals surface area contributed by atoms with Crippen molar-refractivity contribution in [3.05, 3.63) is 18.1 Å². The predicted octanol–water partition coefficient (Wildman–Crippen LogP) is 2.07. The average Bonchev–Trinajstić information content (AvgIpc) is 3.10. The molecule has 1 heterocycles. The molecule has 0 saturated heterocycles. The highest BCUT2D eigenvalue weighted by atomic mass is 16.1. The first kappa shape index (κ1) is 13.3. The van der Waals surface area contributed by atoms with E-state index in [2.05, 4.69) is 27.5 Å². The third kappa shape index (κ3) is 2.49. The minimum atomic E-state index is -0.115. The molecule has 0 spiro atoms. The standard InChI is InChI=1S/C15H22N4O/c1-9(12-6-10-3-4-11(12)5-10)19-15(20)13-7-18-14(16-2)8-17-13/h7-12H,3-6H2,1-2H3,(H,16,18)(H,19,20). The van der Waals surface area contributed by atoms with Crippen LogP contribution < -0.4 is 10.6 Å². The van der Waals surface area contributed by atoms with Crippen molar-refractivity contribution in [1.29, 1.82) is 0 Å². The van der Waals surface area contributed by atoms with E-state index in [-0.39, 0.29) is 11.9 Å². The Bertz CT molecular complexity index is 487. The number of amides is 1. The molecule has 4 unspecified atom stereocenters. The predicted molar refractivity (Wildman–Crippen MR) is 77.4 cm³/mol. The van der Waals surface area contributed by atoms with E-state index in [1.807, 2.05) is 0 Å². The van der Waals surface area contributed by atoms with Crippen LogP contribution in [-0.2, 0) is 0 Å². The van der Waals surface area contributed by atoms with Gasteiger partial charge in [-0.3, -0.25) is 4.79 Å². The van der Waals surface area contributed by atoms with Crippen LogP contribution in [0.5, 0.6) is 0 Å². The Hall–Kier alpha value is -1.65. The molecule has 3 rings (SSSR count). The monoisotopic (exact) mass is 274 g/mol. The van der Waals surface area contributed by atoms with Crippen LogP contribution in [0.3, 0.4) is 0 Å². The first-order valence-electron chi connectivity index (χ1n) is 7.48. The van der Waals surface area contributed by atoms with Gasteiger partial charge in [-0.15, -0.1) is 0 Å². The molecule has 2 fully saturated rings. The normalized spacial score (nSPS) is 29.2. The minimum absolute atomic E-state index is 0.115. The summed E-state index contributed by atoms with van der Waals surface area (Å²) in [4.78, 5) is 20.5. The smallest absolute Gasteiger partial charge is 0.271 e. The minimum Gasteiger partial charge on any atom is -0.372 e. The van der Waals surface area contributed by atoms with Gasteiger partial charge in [0, 0.05) is 13.1 Å². The van der Waals surface area contributed by atoms with Crippen molar-refractivity contribution < 1.29 is 4.79 Å². The summed E-state index contributed by atoms with van der Waals surface area (Å²) >= 11 is 0. The number of carbonyl (C=O) groups excluding carboxylic acids is 1. The van der Waals surface area contributed by atoms with Crippen LogP contribution in [0.25, 0.3) is 0 Å². The number of rotatable bonds is 4. The van der Waals surface area contributed by atoms with E-state index in [1.54, 1.807) is 13.2 Å². The van der Waals surface area contributed by atoms with Crippen molar-refractivity contribution in [2.75, 3.05) is 12.4 Å². The summed E-state index contributed by atoms with van der Waals surface area (Å²) in [7, 11) is 1.78. The van der Waals surface area contributed by atoms with Gasteiger partial charge in [0.1, 0.15) is 11.5 Å². The van der Waals surface area contributed by atoms with Crippen molar-refractivity contribution >= 4 is 11.7 Å². The highest BCUT2D eigenvalue weighted by Gasteiger charge is 2.42. The summed E-state index contributed by atoms with van der Waals surface area (Å²) in [6.45, 7) is 2.12. The fourth-order valence-corrected chi connectivity index (χ4v) is 3.87. The van der Waals surface area contributed by atoms with E-state index in [9.17, 15) is 4.79 Å². The van der Waals surface area contributed by atoms with Gasteiger partial charge in [0.15, 0.2) is 0 Å². The average molecular weight is 274 g/mol. The summed E-state index contributed by atoms with van der Waals surface area (Å²) < 4.78 is 0. The molecule has 0 aliphatic heterocycles. The van der Waals surface area contributed by atoms with Crippen molar-refractivity contribution in [2.45, 2.75) is 38.6 Å². The molecule has 1 aromatic rings. The van der Waals surface area contributed by atoms with Gasteiger partial charge in [-0.25, -0.2) is 9.97 Å². The van der Waals surface area contributed by atoms with Gasteiger partial charge >= 0.3 is 0 Å². The van der Waals surface area contributed by atoms with Gasteiger partial charge in [-0.2, -0.15) is 0 Å². The van der Waals surface area contributed by atoms with Crippen LogP contribution in [0.2, 0.25) is 0 Å². The lowest BCUT2D eigenvalue weighted by Crippen LogP contribution is -2.40. The topological polar surface area (TPSA) is 66.9 Å². The summed E-state index contributed by atoms with van der Waals surface area (Å²) in [6, 6.07) is 0.226. The Kier molecular flexibility index (Phi) is 3.59. The highest BCUT2D eigenvalue weighted by Crippen LogP contribution is 2.49. The molecule has 2 aliphatic carbocycles. The zero-order valence-corrected chi connectivity index (χ0v) is 12.1. The number of anilines is 1. The van der Waals surface area contributed by atoms with E-state index in [4.69, 9.17) is 0 Å². The van der Waals surface area contributed by atoms with Crippen LogP contribution in [0, 0.1) is 17.8 Å². The summed E-state index contributed by atoms with van der Waals surface area (Å²) in [5.74, 6) is 2.91. The van der Waals surface area contributed by atoms with E-state index in [0.717, 1.165) is 11.8 Å². The number of fused-ring (bicyclic) bond motifs is 2. The molecule has 1 aromatic heterocycles. The largest absolute Gasteiger partial charge is 0.372 e. The maximum atomic E-state index is 12.2. The molecule has 2 aliphatic rings. The maximum absolute atomic E-state index is 12.2. The maximum Gasteiger partial charge on any atom is 0.271 e. The van der Waals surface area contributed by atoms with Crippen LogP contribution in [0.4, 0.5) is 5.82 Å². The van der Waals surface area contributed by atoms with Crippen molar-refractivity contribution in [3.63, 3.8) is 0 Å². The van der Waals surface area contributed by atoms with Crippen LogP contribution >= 0.6 is 0 Å². The molecule has 20 heavy (non-hydrogen) atoms. The first-order chi connectivity index (χ1) is 9.67. The molecule has 108 valence electrons. The van der Waals surface area contributed by atoms with E-state index in [0.29, 0.717) is 17.4 Å². The lowest BCUT2D eigenvalue weighted by Gasteiger charge is -2.28. The molecule has 2 N–H and O–H groups in total. The van der Waals surface area contributed by atoms with Crippen LogP contribution in [0.15, 0.2) is 12.4 Å². The molecular formula is C15H22N4O. The fourth-order valence-electron chi connectivity index (χ4n) is 3.87. The molecule has 5 heteroatoms. The molecular weight excluding hydrogens is 252 g/mol. The molecule has 0 radical (unpaired) electrons. The molecule has 0 aromatic carbocycles. The van der Waals surface area contributed by atoms with Crippen molar-refractivity contribution in [3.8, 4) is 0 Å². The Morgan fingerprint density at radius 1 is 1.30 bits per heavy atom. The molecule has 2 bridgehead atoms. The van der Waals surface area contributed by atoms with Crippen LogP contribution in [-0.4, -0.2) is 29.0 Å². The third-order valence-electron chi connectivity index (χ3n) is 4.93. The Morgan fingerprint density at radius 2 is 2.15 bits per heavy atom. The zero-order chi connectivity index (χ0) is 14.1. The van der Waals surface area contributed by atoms with Gasteiger partial charge in [0.2, 0.25) is 0 Å². The van der Waals surface area contributed by atoms with E-state index in [1.165, 1.54) is 31.9 Å². The second-order valence-electron chi connectivity index (χ2n) is 6.14. The number of nitrogens with zero attached hydrogens (tertiary/aromatic N) is 2. The second kappa shape index (κ2) is 5.38. The molecule has 1 amide bonds. The number of carbonyl (C=O) groups is 1. The first-order valence-corrected chi connectivity index (χ1v) is 7.48. The Labute approximate surface area is 119 Å². The summed E-state index contributed by atoms with van der Waals surface area (Å²) in [5.41, 5.74) is 0.388. The Morgan fingerprint density at radius 3 is 2.70 bits per heavy atom. The fraction of sp³-hybridized carbons (Fsp3) is 0.667. The molecule has 5 nitrogen and oxygen atoms in total. The zero-order valence-electron chi connectivity index (χ0n) is 12.1. The van der Waals surface area contributed by atoms with E-state index >= 15 is 0 Å². The van der Waals surface area contributed by atoms with Gasteiger partial charge in [-0.1, -0.05) is 6.42 Å². The third-order valence-corrected chi connectivity index (χ3v) is 4.93. The lowest BCUT2D eigenvalue weighted by molar-refractivity contribution is 0.0910. The van der Waals surface area contributed by atoms with E-state index < -0.39 is 0 Å². The highest BCUT2D eigenvalue weighted by molar-refractivity contribution is 5.92. The SMILES string of the molecule is CNc1cnc(C(=O)NC(C)C2CC3CCC2C3)cn1. The van der Waals surface area contributed by atoms with Gasteiger partial charge < -0.3 is 10.6 Å². The van der Waals surface area contributed by atoms with Crippen LogP contribution in [0.1, 0.15) is 43.1 Å². The summed E-state index contributed by atoms with van der Waals surface area (Å²) in [5, 5.41) is 5.99. The Balaban J connectivity index is 1.60. The van der Waals surface area contributed by atoms with Crippen molar-refractivity contribution in [2.24, 2.45) is 17.8 Å². The van der Waals surface area contributed by atoms with Crippen molar-refractivity contribution in [1.82, 2.24) is 15.3 Å². The number of nitrogens with one attached hydrogen (secondary N) is 2.